The zero-order chi connectivity index (χ0) is 17.3. The Kier molecular flexibility index (Phi) is 4.26. The first kappa shape index (κ1) is 16.4. The molecule has 1 heterocycles. The summed E-state index contributed by atoms with van der Waals surface area (Å²) in [4.78, 5) is 29.0. The number of carbonyl (C=O) groups excluding carboxylic acids is 1. The number of pyridine rings is 1. The average molecular weight is 326 g/mol. The van der Waals surface area contributed by atoms with Crippen molar-refractivity contribution in [2.45, 2.75) is 45.1 Å². The fourth-order valence-corrected chi connectivity index (χ4v) is 3.70. The Morgan fingerprint density at radius 2 is 2.04 bits per heavy atom. The largest absolute Gasteiger partial charge is 0.481 e. The molecule has 1 aliphatic carbocycles. The van der Waals surface area contributed by atoms with Crippen molar-refractivity contribution in [2.24, 2.45) is 5.92 Å². The first-order valence-corrected chi connectivity index (χ1v) is 8.32. The minimum atomic E-state index is -0.840. The van der Waals surface area contributed by atoms with Gasteiger partial charge in [-0.15, -0.1) is 0 Å². The molecule has 1 aromatic carbocycles. The minimum Gasteiger partial charge on any atom is -0.481 e. The normalized spacial score (nSPS) is 23.8. The first-order valence-electron chi connectivity index (χ1n) is 8.32. The second-order valence-electron chi connectivity index (χ2n) is 6.84. The average Bonchev–Trinajstić information content (AvgIpc) is 2.53. The number of para-hydroxylation sites is 1. The van der Waals surface area contributed by atoms with E-state index in [9.17, 15) is 14.7 Å². The van der Waals surface area contributed by atoms with Gasteiger partial charge < -0.3 is 10.4 Å². The SMILES string of the molecule is Cc1cc(C(=O)NC2(C)CCCCC2C(=O)O)c2ccccc2n1. The highest BCUT2D eigenvalue weighted by Gasteiger charge is 2.42. The fourth-order valence-electron chi connectivity index (χ4n) is 3.70. The van der Waals surface area contributed by atoms with Gasteiger partial charge in [0.25, 0.3) is 5.91 Å². The number of nitrogens with one attached hydrogen (secondary N) is 1. The number of hydrogen-bond donors (Lipinski definition) is 2. The molecular formula is C19H22N2O3. The van der Waals surface area contributed by atoms with Crippen LogP contribution in [0.2, 0.25) is 0 Å². The zero-order valence-electron chi connectivity index (χ0n) is 14.0. The van der Waals surface area contributed by atoms with Gasteiger partial charge in [-0.25, -0.2) is 0 Å². The van der Waals surface area contributed by atoms with Crippen molar-refractivity contribution in [1.82, 2.24) is 10.3 Å². The number of nitrogens with zero attached hydrogens (tertiary/aromatic N) is 1. The third-order valence-electron chi connectivity index (χ3n) is 4.99. The first-order chi connectivity index (χ1) is 11.4. The number of aliphatic carboxylic acids is 1. The Hall–Kier alpha value is -2.43. The van der Waals surface area contributed by atoms with Gasteiger partial charge in [0, 0.05) is 11.1 Å². The van der Waals surface area contributed by atoms with Crippen LogP contribution in [0, 0.1) is 12.8 Å². The van der Waals surface area contributed by atoms with E-state index in [1.165, 1.54) is 0 Å². The number of carboxylic acid groups (broad SMARTS) is 1. The molecule has 0 aliphatic heterocycles. The lowest BCUT2D eigenvalue weighted by Gasteiger charge is -2.39. The van der Waals surface area contributed by atoms with Crippen molar-refractivity contribution in [2.75, 3.05) is 0 Å². The van der Waals surface area contributed by atoms with E-state index < -0.39 is 17.4 Å². The van der Waals surface area contributed by atoms with Crippen molar-refractivity contribution >= 4 is 22.8 Å². The van der Waals surface area contributed by atoms with Crippen LogP contribution in [0.3, 0.4) is 0 Å². The highest BCUT2D eigenvalue weighted by molar-refractivity contribution is 6.06. The molecule has 2 aromatic rings. The molecule has 0 bridgehead atoms. The van der Waals surface area contributed by atoms with Gasteiger partial charge in [0.15, 0.2) is 0 Å². The summed E-state index contributed by atoms with van der Waals surface area (Å²) in [5.41, 5.74) is 1.36. The van der Waals surface area contributed by atoms with Crippen molar-refractivity contribution in [3.8, 4) is 0 Å². The van der Waals surface area contributed by atoms with Crippen molar-refractivity contribution in [3.63, 3.8) is 0 Å². The molecule has 1 aliphatic rings. The van der Waals surface area contributed by atoms with Gasteiger partial charge in [-0.05, 0) is 38.8 Å². The Balaban J connectivity index is 1.96. The highest BCUT2D eigenvalue weighted by Crippen LogP contribution is 2.34. The minimum absolute atomic E-state index is 0.229. The summed E-state index contributed by atoms with van der Waals surface area (Å²) in [7, 11) is 0. The van der Waals surface area contributed by atoms with Crippen molar-refractivity contribution in [1.29, 1.82) is 0 Å². The van der Waals surface area contributed by atoms with Crippen LogP contribution < -0.4 is 5.32 Å². The Labute approximate surface area is 141 Å². The van der Waals surface area contributed by atoms with Gasteiger partial charge in [-0.1, -0.05) is 31.0 Å². The third-order valence-corrected chi connectivity index (χ3v) is 4.99. The molecule has 0 radical (unpaired) electrons. The summed E-state index contributed by atoms with van der Waals surface area (Å²) >= 11 is 0. The molecule has 126 valence electrons. The summed E-state index contributed by atoms with van der Waals surface area (Å²) in [6.45, 7) is 3.70. The van der Waals surface area contributed by atoms with Crippen LogP contribution in [0.25, 0.3) is 10.9 Å². The Morgan fingerprint density at radius 3 is 2.79 bits per heavy atom. The molecule has 0 spiro atoms. The van der Waals surface area contributed by atoms with Crippen LogP contribution >= 0.6 is 0 Å². The second-order valence-corrected chi connectivity index (χ2v) is 6.84. The highest BCUT2D eigenvalue weighted by atomic mass is 16.4. The van der Waals surface area contributed by atoms with E-state index in [1.807, 2.05) is 38.1 Å². The van der Waals surface area contributed by atoms with Gasteiger partial charge in [0.2, 0.25) is 0 Å². The molecular weight excluding hydrogens is 304 g/mol. The summed E-state index contributed by atoms with van der Waals surface area (Å²) in [5, 5.41) is 13.3. The maximum absolute atomic E-state index is 12.9. The van der Waals surface area contributed by atoms with Gasteiger partial charge in [0.05, 0.1) is 22.5 Å². The van der Waals surface area contributed by atoms with E-state index in [1.54, 1.807) is 6.07 Å². The molecule has 1 aromatic heterocycles. The van der Waals surface area contributed by atoms with E-state index in [-0.39, 0.29) is 5.91 Å². The van der Waals surface area contributed by atoms with Crippen LogP contribution in [-0.2, 0) is 4.79 Å². The van der Waals surface area contributed by atoms with E-state index in [0.717, 1.165) is 29.4 Å². The maximum Gasteiger partial charge on any atom is 0.308 e. The molecule has 1 fully saturated rings. The molecule has 1 saturated carbocycles. The van der Waals surface area contributed by atoms with Crippen molar-refractivity contribution in [3.05, 3.63) is 41.6 Å². The molecule has 2 unspecified atom stereocenters. The zero-order valence-corrected chi connectivity index (χ0v) is 14.0. The lowest BCUT2D eigenvalue weighted by Crippen LogP contribution is -2.55. The van der Waals surface area contributed by atoms with Gasteiger partial charge >= 0.3 is 5.97 Å². The van der Waals surface area contributed by atoms with Gasteiger partial charge in [-0.3, -0.25) is 14.6 Å². The molecule has 2 atom stereocenters. The lowest BCUT2D eigenvalue weighted by molar-refractivity contribution is -0.145. The fraction of sp³-hybridized carbons (Fsp3) is 0.421. The number of amides is 1. The summed E-state index contributed by atoms with van der Waals surface area (Å²) in [6.07, 6.45) is 3.09. The molecule has 5 heteroatoms. The van der Waals surface area contributed by atoms with Crippen LogP contribution in [0.15, 0.2) is 30.3 Å². The topological polar surface area (TPSA) is 79.3 Å². The van der Waals surface area contributed by atoms with Crippen LogP contribution in [0.4, 0.5) is 0 Å². The summed E-state index contributed by atoms with van der Waals surface area (Å²) < 4.78 is 0. The number of aryl methyl sites for hydroxylation is 1. The van der Waals surface area contributed by atoms with E-state index in [4.69, 9.17) is 0 Å². The number of fused-ring (bicyclic) bond motifs is 1. The predicted molar refractivity (Wildman–Crippen MR) is 91.9 cm³/mol. The molecule has 5 nitrogen and oxygen atoms in total. The van der Waals surface area contributed by atoms with Gasteiger partial charge in [0.1, 0.15) is 0 Å². The van der Waals surface area contributed by atoms with Crippen molar-refractivity contribution < 1.29 is 14.7 Å². The molecule has 24 heavy (non-hydrogen) atoms. The van der Waals surface area contributed by atoms with Crippen LogP contribution in [0.5, 0.6) is 0 Å². The molecule has 0 saturated heterocycles. The maximum atomic E-state index is 12.9. The third kappa shape index (κ3) is 2.98. The Bertz CT molecular complexity index is 802. The number of aromatic nitrogens is 1. The molecule has 2 N–H and O–H groups in total. The smallest absolute Gasteiger partial charge is 0.308 e. The van der Waals surface area contributed by atoms with Crippen LogP contribution in [-0.4, -0.2) is 27.5 Å². The molecule has 1 amide bonds. The second kappa shape index (κ2) is 6.23. The summed E-state index contributed by atoms with van der Waals surface area (Å²) in [6, 6.07) is 9.27. The quantitative estimate of drug-likeness (QED) is 0.907. The predicted octanol–water partition coefficient (Wildman–Crippen LogP) is 3.31. The molecule has 3 rings (SSSR count). The standard InChI is InChI=1S/C19H22N2O3/c1-12-11-14(13-7-3-4-9-16(13)20-12)17(22)21-19(2)10-6-5-8-15(19)18(23)24/h3-4,7,9,11,15H,5-6,8,10H2,1-2H3,(H,21,22)(H,23,24). The number of hydrogen-bond acceptors (Lipinski definition) is 3. The Morgan fingerprint density at radius 1 is 1.29 bits per heavy atom. The van der Waals surface area contributed by atoms with Gasteiger partial charge in [-0.2, -0.15) is 0 Å². The van der Waals surface area contributed by atoms with E-state index >= 15 is 0 Å². The van der Waals surface area contributed by atoms with E-state index in [0.29, 0.717) is 18.4 Å². The summed E-state index contributed by atoms with van der Waals surface area (Å²) in [5.74, 6) is -1.62. The number of carboxylic acids is 1. The number of carbonyl (C=O) groups is 2. The number of rotatable bonds is 3. The lowest BCUT2D eigenvalue weighted by atomic mass is 9.73. The number of benzene rings is 1. The van der Waals surface area contributed by atoms with E-state index in [2.05, 4.69) is 10.3 Å². The van der Waals surface area contributed by atoms with Crippen LogP contribution in [0.1, 0.15) is 48.7 Å². The monoisotopic (exact) mass is 326 g/mol.